The molecule has 1 fully saturated rings. The molecular weight excluding hydrogens is 396 g/mol. The fourth-order valence-corrected chi connectivity index (χ4v) is 2.95. The Morgan fingerprint density at radius 2 is 1.79 bits per heavy atom. The van der Waals surface area contributed by atoms with Crippen molar-refractivity contribution in [3.63, 3.8) is 0 Å². The minimum absolute atomic E-state index is 0.223. The van der Waals surface area contributed by atoms with E-state index in [-0.39, 0.29) is 18.7 Å². The summed E-state index contributed by atoms with van der Waals surface area (Å²) in [7, 11) is 0. The number of aliphatic hydroxyl groups is 1. The molecule has 0 aromatic heterocycles. The first kappa shape index (κ1) is 23.7. The van der Waals surface area contributed by atoms with E-state index in [9.17, 15) is 24.0 Å². The smallest absolute Gasteiger partial charge is 0.327 e. The molecule has 0 aromatic rings. The highest BCUT2D eigenvalue weighted by Crippen LogP contribution is 2.18. The van der Waals surface area contributed by atoms with E-state index in [1.54, 1.807) is 0 Å². The van der Waals surface area contributed by atoms with Gasteiger partial charge < -0.3 is 36.6 Å². The topological polar surface area (TPSA) is 199 Å². The van der Waals surface area contributed by atoms with Crippen molar-refractivity contribution in [1.82, 2.24) is 15.5 Å². The molecule has 1 heterocycles. The minimum Gasteiger partial charge on any atom is -0.481 e. The van der Waals surface area contributed by atoms with Gasteiger partial charge in [0.25, 0.3) is 0 Å². The average molecular weight is 420 g/mol. The number of hydrogen-bond acceptors (Lipinski definition) is 8. The zero-order valence-corrected chi connectivity index (χ0v) is 15.8. The van der Waals surface area contributed by atoms with Gasteiger partial charge in [-0.3, -0.25) is 19.2 Å². The summed E-state index contributed by atoms with van der Waals surface area (Å²) in [5, 5.41) is 31.3. The molecule has 4 unspecified atom stereocenters. The quantitative estimate of drug-likeness (QED) is 0.177. The molecule has 0 spiro atoms. The van der Waals surface area contributed by atoms with Crippen LogP contribution in [0.1, 0.15) is 19.3 Å². The number of amides is 3. The van der Waals surface area contributed by atoms with E-state index in [1.807, 2.05) is 0 Å². The van der Waals surface area contributed by atoms with Crippen LogP contribution in [0, 0.1) is 0 Å². The number of carboxylic acids is 2. The third kappa shape index (κ3) is 6.35. The van der Waals surface area contributed by atoms with Gasteiger partial charge in [0.05, 0.1) is 13.0 Å². The number of aliphatic carboxylic acids is 2. The normalized spacial score (nSPS) is 19.4. The lowest BCUT2D eigenvalue weighted by Gasteiger charge is -2.27. The zero-order valence-electron chi connectivity index (χ0n) is 14.9. The highest BCUT2D eigenvalue weighted by Gasteiger charge is 2.38. The molecule has 0 saturated carbocycles. The number of nitrogens with zero attached hydrogens (tertiary/aromatic N) is 1. The Bertz CT molecular complexity index is 631. The first-order chi connectivity index (χ1) is 13.1. The molecule has 0 aliphatic carbocycles. The maximum atomic E-state index is 12.5. The highest BCUT2D eigenvalue weighted by atomic mass is 32.1. The van der Waals surface area contributed by atoms with Gasteiger partial charge in [-0.05, 0) is 12.8 Å². The third-order valence-electron chi connectivity index (χ3n) is 4.16. The molecule has 0 radical (unpaired) electrons. The molecule has 7 N–H and O–H groups in total. The molecule has 3 amide bonds. The fraction of sp³-hybridized carbons (Fsp3) is 0.667. The van der Waals surface area contributed by atoms with Crippen LogP contribution in [0.3, 0.4) is 0 Å². The molecule has 1 saturated heterocycles. The Kier molecular flexibility index (Phi) is 9.15. The van der Waals surface area contributed by atoms with Crippen LogP contribution in [0.5, 0.6) is 0 Å². The first-order valence-corrected chi connectivity index (χ1v) is 9.08. The Hall–Kier alpha value is -2.38. The number of rotatable bonds is 10. The van der Waals surface area contributed by atoms with Crippen molar-refractivity contribution in [2.75, 3.05) is 18.9 Å². The summed E-state index contributed by atoms with van der Waals surface area (Å²) in [6.45, 7) is -0.380. The predicted octanol–water partition coefficient (Wildman–Crippen LogP) is -3.24. The van der Waals surface area contributed by atoms with Gasteiger partial charge in [0.15, 0.2) is 0 Å². The van der Waals surface area contributed by atoms with Crippen LogP contribution < -0.4 is 16.4 Å². The maximum absolute atomic E-state index is 12.5. The third-order valence-corrected chi connectivity index (χ3v) is 4.53. The van der Waals surface area contributed by atoms with Crippen LogP contribution in [0.2, 0.25) is 0 Å². The van der Waals surface area contributed by atoms with Crippen molar-refractivity contribution < 1.29 is 39.3 Å². The second-order valence-electron chi connectivity index (χ2n) is 6.22. The molecule has 0 bridgehead atoms. The van der Waals surface area contributed by atoms with Gasteiger partial charge >= 0.3 is 11.9 Å². The van der Waals surface area contributed by atoms with Crippen LogP contribution in [-0.2, 0) is 24.0 Å². The van der Waals surface area contributed by atoms with E-state index < -0.39 is 66.9 Å². The summed E-state index contributed by atoms with van der Waals surface area (Å²) >= 11 is 3.80. The molecule has 4 atom stereocenters. The molecule has 1 aliphatic rings. The van der Waals surface area contributed by atoms with E-state index in [0.717, 1.165) is 0 Å². The number of thiol groups is 1. The number of nitrogens with one attached hydrogen (secondary N) is 2. The summed E-state index contributed by atoms with van der Waals surface area (Å²) in [5.74, 6) is -5.40. The molecule has 12 nitrogen and oxygen atoms in total. The van der Waals surface area contributed by atoms with Crippen molar-refractivity contribution in [3.8, 4) is 0 Å². The van der Waals surface area contributed by atoms with Gasteiger partial charge in [-0.1, -0.05) is 0 Å². The lowest BCUT2D eigenvalue weighted by molar-refractivity contribution is -0.144. The largest absolute Gasteiger partial charge is 0.481 e. The Balaban J connectivity index is 2.88. The summed E-state index contributed by atoms with van der Waals surface area (Å²) in [5.41, 5.74) is 5.49. The van der Waals surface area contributed by atoms with E-state index >= 15 is 0 Å². The van der Waals surface area contributed by atoms with Gasteiger partial charge in [0.1, 0.15) is 24.2 Å². The molecule has 158 valence electrons. The number of nitrogens with two attached hydrogens (primary N) is 1. The van der Waals surface area contributed by atoms with Crippen molar-refractivity contribution in [2.24, 2.45) is 5.73 Å². The maximum Gasteiger partial charge on any atom is 0.327 e. The van der Waals surface area contributed by atoms with Gasteiger partial charge in [-0.25, -0.2) is 4.79 Å². The van der Waals surface area contributed by atoms with Gasteiger partial charge in [0, 0.05) is 12.3 Å². The van der Waals surface area contributed by atoms with Gasteiger partial charge in [0.2, 0.25) is 17.7 Å². The second kappa shape index (κ2) is 10.8. The zero-order chi connectivity index (χ0) is 21.4. The van der Waals surface area contributed by atoms with Gasteiger partial charge in [-0.2, -0.15) is 12.6 Å². The molecule has 1 aliphatic heterocycles. The molecule has 13 heteroatoms. The molecule has 28 heavy (non-hydrogen) atoms. The van der Waals surface area contributed by atoms with Crippen LogP contribution >= 0.6 is 12.6 Å². The van der Waals surface area contributed by atoms with Gasteiger partial charge in [-0.15, -0.1) is 0 Å². The van der Waals surface area contributed by atoms with Crippen LogP contribution in [-0.4, -0.2) is 93.0 Å². The Morgan fingerprint density at radius 1 is 1.14 bits per heavy atom. The number of likely N-dealkylation sites (tertiary alicyclic amines) is 1. The number of carbonyl (C=O) groups is 5. The predicted molar refractivity (Wildman–Crippen MR) is 97.4 cm³/mol. The first-order valence-electron chi connectivity index (χ1n) is 8.45. The molecular formula is C15H24N4O8S. The van der Waals surface area contributed by atoms with Crippen molar-refractivity contribution in [3.05, 3.63) is 0 Å². The Labute approximate surface area is 165 Å². The summed E-state index contributed by atoms with van der Waals surface area (Å²) < 4.78 is 0. The number of carbonyl (C=O) groups excluding carboxylic acids is 3. The molecule has 1 rings (SSSR count). The van der Waals surface area contributed by atoms with Crippen molar-refractivity contribution in [2.45, 2.75) is 43.4 Å². The van der Waals surface area contributed by atoms with E-state index in [4.69, 9.17) is 21.1 Å². The monoisotopic (exact) mass is 420 g/mol. The summed E-state index contributed by atoms with van der Waals surface area (Å²) in [4.78, 5) is 60.2. The second-order valence-corrected chi connectivity index (χ2v) is 6.58. The lowest BCUT2D eigenvalue weighted by atomic mass is 10.1. The van der Waals surface area contributed by atoms with Crippen molar-refractivity contribution >= 4 is 42.3 Å². The standard InChI is InChI=1S/C15H24N4O8S/c16-7(5-20)14(25)19-3-1-2-10(19)13(24)17-8(4-11(21)22)12(23)18-9(6-28)15(26)27/h7-10,20,28H,1-6,16H2,(H,17,24)(H,18,23)(H,21,22)(H,26,27). The number of aliphatic hydroxyl groups excluding tert-OH is 1. The fourth-order valence-electron chi connectivity index (χ4n) is 2.70. The lowest BCUT2D eigenvalue weighted by Crippen LogP contribution is -2.57. The van der Waals surface area contributed by atoms with Crippen LogP contribution in [0.15, 0.2) is 0 Å². The Morgan fingerprint density at radius 3 is 2.29 bits per heavy atom. The molecule has 0 aromatic carbocycles. The average Bonchev–Trinajstić information content (AvgIpc) is 3.13. The SMILES string of the molecule is NC(CO)C(=O)N1CCCC1C(=O)NC(CC(=O)O)C(=O)NC(CS)C(=O)O. The summed E-state index contributed by atoms with van der Waals surface area (Å²) in [6, 6.07) is -5.08. The number of hydrogen-bond donors (Lipinski definition) is 7. The summed E-state index contributed by atoms with van der Waals surface area (Å²) in [6.07, 6.45) is -0.0304. The van der Waals surface area contributed by atoms with E-state index in [0.29, 0.717) is 6.42 Å². The van der Waals surface area contributed by atoms with Crippen LogP contribution in [0.4, 0.5) is 0 Å². The van der Waals surface area contributed by atoms with E-state index in [2.05, 4.69) is 23.3 Å². The minimum atomic E-state index is -1.55. The number of carboxylic acid groups (broad SMARTS) is 2. The van der Waals surface area contributed by atoms with Crippen LogP contribution in [0.25, 0.3) is 0 Å². The highest BCUT2D eigenvalue weighted by molar-refractivity contribution is 7.80. The van der Waals surface area contributed by atoms with E-state index in [1.165, 1.54) is 4.90 Å². The van der Waals surface area contributed by atoms with Crippen molar-refractivity contribution in [1.29, 1.82) is 0 Å².